The number of carbonyl (C=O) groups is 1. The molecular formula is C7H8N4O2. The van der Waals surface area contributed by atoms with Gasteiger partial charge in [-0.3, -0.25) is 0 Å². The first-order chi connectivity index (χ1) is 6.09. The number of guanidine groups is 1. The monoisotopic (exact) mass is 180 g/mol. The summed E-state index contributed by atoms with van der Waals surface area (Å²) in [5.41, 5.74) is 10.5. The van der Waals surface area contributed by atoms with E-state index in [1.54, 1.807) is 0 Å². The number of aromatic nitrogens is 1. The van der Waals surface area contributed by atoms with E-state index in [1.807, 2.05) is 0 Å². The predicted octanol–water partition coefficient (Wildman–Crippen LogP) is -0.315. The lowest BCUT2D eigenvalue weighted by Gasteiger charge is -1.95. The highest BCUT2D eigenvalue weighted by Gasteiger charge is 2.03. The third kappa shape index (κ3) is 2.44. The second-order valence-electron chi connectivity index (χ2n) is 2.24. The van der Waals surface area contributed by atoms with Crippen molar-refractivity contribution in [3.63, 3.8) is 0 Å². The molecular weight excluding hydrogens is 172 g/mol. The molecule has 0 spiro atoms. The molecule has 0 atom stereocenters. The second-order valence-corrected chi connectivity index (χ2v) is 2.24. The molecule has 0 aliphatic heterocycles. The zero-order valence-electron chi connectivity index (χ0n) is 6.64. The molecule has 6 nitrogen and oxygen atoms in total. The summed E-state index contributed by atoms with van der Waals surface area (Å²) in [4.78, 5) is 17.7. The van der Waals surface area contributed by atoms with Crippen LogP contribution in [0.3, 0.4) is 0 Å². The minimum Gasteiger partial charge on any atom is -0.477 e. The number of carboxylic acids is 1. The fourth-order valence-electron chi connectivity index (χ4n) is 0.755. The fourth-order valence-corrected chi connectivity index (χ4v) is 0.755. The third-order valence-electron chi connectivity index (χ3n) is 1.22. The first kappa shape index (κ1) is 8.98. The molecule has 0 radical (unpaired) electrons. The van der Waals surface area contributed by atoms with Gasteiger partial charge in [0.1, 0.15) is 5.69 Å². The quantitative estimate of drug-likeness (QED) is 0.426. The van der Waals surface area contributed by atoms with Gasteiger partial charge in [-0.1, -0.05) is 0 Å². The number of nitrogens with zero attached hydrogens (tertiary/aromatic N) is 2. The molecule has 0 unspecified atom stereocenters. The lowest BCUT2D eigenvalue weighted by molar-refractivity contribution is 0.0690. The van der Waals surface area contributed by atoms with Crippen LogP contribution in [-0.2, 0) is 0 Å². The fraction of sp³-hybridized carbons (Fsp3) is 0. The molecule has 1 rings (SSSR count). The van der Waals surface area contributed by atoms with E-state index in [4.69, 9.17) is 16.6 Å². The van der Waals surface area contributed by atoms with Gasteiger partial charge in [-0.25, -0.2) is 14.8 Å². The molecule has 68 valence electrons. The molecule has 0 saturated carbocycles. The van der Waals surface area contributed by atoms with E-state index in [0.717, 1.165) is 0 Å². The molecule has 0 fully saturated rings. The number of aliphatic imine (C=N–C) groups is 1. The minimum absolute atomic E-state index is 0.0949. The number of rotatable bonds is 2. The third-order valence-corrected chi connectivity index (χ3v) is 1.22. The smallest absolute Gasteiger partial charge is 0.354 e. The van der Waals surface area contributed by atoms with Crippen molar-refractivity contribution in [1.82, 2.24) is 4.98 Å². The summed E-state index contributed by atoms with van der Waals surface area (Å²) >= 11 is 0. The number of hydrogen-bond donors (Lipinski definition) is 3. The summed E-state index contributed by atoms with van der Waals surface area (Å²) in [7, 11) is 0. The predicted molar refractivity (Wildman–Crippen MR) is 46.7 cm³/mol. The van der Waals surface area contributed by atoms with Crippen LogP contribution >= 0.6 is 0 Å². The van der Waals surface area contributed by atoms with Crippen molar-refractivity contribution in [3.05, 3.63) is 24.0 Å². The molecule has 0 aliphatic rings. The maximum absolute atomic E-state index is 10.5. The maximum atomic E-state index is 10.5. The van der Waals surface area contributed by atoms with Gasteiger partial charge in [-0.15, -0.1) is 0 Å². The average molecular weight is 180 g/mol. The van der Waals surface area contributed by atoms with Crippen molar-refractivity contribution in [3.8, 4) is 0 Å². The van der Waals surface area contributed by atoms with E-state index in [1.165, 1.54) is 18.3 Å². The summed E-state index contributed by atoms with van der Waals surface area (Å²) in [6.07, 6.45) is 1.32. The van der Waals surface area contributed by atoms with Gasteiger partial charge >= 0.3 is 5.97 Å². The highest BCUT2D eigenvalue weighted by atomic mass is 16.4. The summed E-state index contributed by atoms with van der Waals surface area (Å²) in [6, 6.07) is 2.79. The first-order valence-corrected chi connectivity index (χ1v) is 3.38. The van der Waals surface area contributed by atoms with Gasteiger partial charge in [-0.05, 0) is 12.1 Å². The molecule has 0 aliphatic carbocycles. The Morgan fingerprint density at radius 1 is 1.54 bits per heavy atom. The van der Waals surface area contributed by atoms with Crippen molar-refractivity contribution in [1.29, 1.82) is 0 Å². The second kappa shape index (κ2) is 3.53. The van der Waals surface area contributed by atoms with Crippen LogP contribution in [0, 0.1) is 0 Å². The Kier molecular flexibility index (Phi) is 2.44. The van der Waals surface area contributed by atoms with Crippen LogP contribution in [0.5, 0.6) is 0 Å². The normalized spacial score (nSPS) is 9.23. The van der Waals surface area contributed by atoms with Crippen molar-refractivity contribution in [2.45, 2.75) is 0 Å². The average Bonchev–Trinajstić information content (AvgIpc) is 2.03. The summed E-state index contributed by atoms with van der Waals surface area (Å²) in [6.45, 7) is 0. The molecule has 0 bridgehead atoms. The van der Waals surface area contributed by atoms with Crippen LogP contribution in [0.2, 0.25) is 0 Å². The van der Waals surface area contributed by atoms with Gasteiger partial charge in [0.05, 0.1) is 5.69 Å². The highest BCUT2D eigenvalue weighted by molar-refractivity contribution is 5.87. The van der Waals surface area contributed by atoms with Crippen LogP contribution in [0.1, 0.15) is 10.5 Å². The zero-order chi connectivity index (χ0) is 9.84. The lowest BCUT2D eigenvalue weighted by atomic mass is 10.3. The summed E-state index contributed by atoms with van der Waals surface area (Å²) in [5.74, 6) is -1.24. The zero-order valence-corrected chi connectivity index (χ0v) is 6.64. The molecule has 1 heterocycles. The van der Waals surface area contributed by atoms with Gasteiger partial charge in [0.2, 0.25) is 0 Å². The van der Waals surface area contributed by atoms with Gasteiger partial charge in [0, 0.05) is 6.20 Å². The lowest BCUT2D eigenvalue weighted by Crippen LogP contribution is -2.21. The molecule has 6 heteroatoms. The Bertz CT molecular complexity index is 357. The van der Waals surface area contributed by atoms with Gasteiger partial charge in [0.15, 0.2) is 5.96 Å². The van der Waals surface area contributed by atoms with Crippen molar-refractivity contribution >= 4 is 17.6 Å². The van der Waals surface area contributed by atoms with E-state index in [-0.39, 0.29) is 11.7 Å². The number of pyridine rings is 1. The Morgan fingerprint density at radius 3 is 2.77 bits per heavy atom. The molecule has 0 saturated heterocycles. The topological polar surface area (TPSA) is 115 Å². The number of hydrogen-bond acceptors (Lipinski definition) is 3. The van der Waals surface area contributed by atoms with E-state index in [2.05, 4.69) is 9.98 Å². The SMILES string of the molecule is NC(N)=Nc1ccnc(C(=O)O)c1. The number of nitrogens with two attached hydrogens (primary N) is 2. The van der Waals surface area contributed by atoms with Crippen LogP contribution in [0.15, 0.2) is 23.3 Å². The maximum Gasteiger partial charge on any atom is 0.354 e. The largest absolute Gasteiger partial charge is 0.477 e. The van der Waals surface area contributed by atoms with E-state index in [9.17, 15) is 4.79 Å². The Hall–Kier alpha value is -2.11. The number of carboxylic acid groups (broad SMARTS) is 1. The Morgan fingerprint density at radius 2 is 2.23 bits per heavy atom. The molecule has 1 aromatic rings. The van der Waals surface area contributed by atoms with Gasteiger partial charge in [-0.2, -0.15) is 0 Å². The highest BCUT2D eigenvalue weighted by Crippen LogP contribution is 2.10. The molecule has 1 aromatic heterocycles. The van der Waals surface area contributed by atoms with E-state index >= 15 is 0 Å². The number of aromatic carboxylic acids is 1. The van der Waals surface area contributed by atoms with Crippen molar-refractivity contribution < 1.29 is 9.90 Å². The van der Waals surface area contributed by atoms with Crippen LogP contribution < -0.4 is 11.5 Å². The molecule has 5 N–H and O–H groups in total. The molecule has 0 amide bonds. The summed E-state index contributed by atoms with van der Waals surface area (Å²) < 4.78 is 0. The van der Waals surface area contributed by atoms with E-state index in [0.29, 0.717) is 5.69 Å². The minimum atomic E-state index is -1.12. The van der Waals surface area contributed by atoms with E-state index < -0.39 is 5.97 Å². The standard InChI is InChI=1S/C7H8N4O2/c8-7(9)11-4-1-2-10-5(3-4)6(12)13/h1-3H,(H,12,13)(H4,8,9,10,11). The van der Waals surface area contributed by atoms with Crippen molar-refractivity contribution in [2.75, 3.05) is 0 Å². The van der Waals surface area contributed by atoms with Crippen LogP contribution in [0.4, 0.5) is 5.69 Å². The first-order valence-electron chi connectivity index (χ1n) is 3.38. The Balaban J connectivity index is 3.06. The molecule has 0 aromatic carbocycles. The Labute approximate surface area is 73.9 Å². The van der Waals surface area contributed by atoms with Crippen LogP contribution in [0.25, 0.3) is 0 Å². The van der Waals surface area contributed by atoms with Gasteiger partial charge in [0.25, 0.3) is 0 Å². The summed E-state index contributed by atoms with van der Waals surface area (Å²) in [5, 5.41) is 8.57. The molecule has 13 heavy (non-hydrogen) atoms. The van der Waals surface area contributed by atoms with Crippen molar-refractivity contribution in [2.24, 2.45) is 16.5 Å². The van der Waals surface area contributed by atoms with Crippen LogP contribution in [-0.4, -0.2) is 22.0 Å². The van der Waals surface area contributed by atoms with Gasteiger partial charge < -0.3 is 16.6 Å².